The van der Waals surface area contributed by atoms with Crippen LogP contribution in [-0.4, -0.2) is 18.6 Å². The van der Waals surface area contributed by atoms with E-state index in [2.05, 4.69) is 4.74 Å². The fourth-order valence-corrected chi connectivity index (χ4v) is 0.646. The Balaban J connectivity index is 3.63. The van der Waals surface area contributed by atoms with Gasteiger partial charge in [0.25, 0.3) is 0 Å². The highest BCUT2D eigenvalue weighted by molar-refractivity contribution is 6.25. The van der Waals surface area contributed by atoms with Crippen molar-refractivity contribution < 1.29 is 9.53 Å². The zero-order valence-corrected chi connectivity index (χ0v) is 7.17. The molecule has 0 aromatic rings. The van der Waals surface area contributed by atoms with Gasteiger partial charge in [-0.1, -0.05) is 17.7 Å². The summed E-state index contributed by atoms with van der Waals surface area (Å²) in [5.74, 6) is -0.387. The molecule has 4 heteroatoms. The van der Waals surface area contributed by atoms with Crippen molar-refractivity contribution in [2.75, 3.05) is 6.61 Å². The van der Waals surface area contributed by atoms with Crippen LogP contribution < -0.4 is 5.73 Å². The topological polar surface area (TPSA) is 52.3 Å². The molecule has 0 amide bonds. The second-order valence-corrected chi connectivity index (χ2v) is 2.21. The number of hydrogen-bond donors (Lipinski definition) is 1. The van der Waals surface area contributed by atoms with Crippen LogP contribution in [0.1, 0.15) is 13.3 Å². The third-order valence-electron chi connectivity index (χ3n) is 1.07. The van der Waals surface area contributed by atoms with Crippen molar-refractivity contribution in [1.29, 1.82) is 0 Å². The predicted molar refractivity (Wildman–Crippen MR) is 44.2 cm³/mol. The maximum atomic E-state index is 10.8. The Hall–Kier alpha value is -0.540. The monoisotopic (exact) mass is 177 g/mol. The fraction of sp³-hybridized carbons (Fsp3) is 0.571. The Kier molecular flexibility index (Phi) is 5.88. The van der Waals surface area contributed by atoms with E-state index in [4.69, 9.17) is 17.3 Å². The largest absolute Gasteiger partial charge is 0.465 e. The standard InChI is InChI=1S/C7H12ClNO2/c1-2-11-7(10)6(9)4-3-5-8/h3,5-6H,2,4,9H2,1H3/b5-3+. The van der Waals surface area contributed by atoms with Gasteiger partial charge >= 0.3 is 5.97 Å². The van der Waals surface area contributed by atoms with E-state index in [0.717, 1.165) is 0 Å². The minimum absolute atomic E-state index is 0.358. The molecule has 0 radical (unpaired) electrons. The molecule has 0 saturated carbocycles. The van der Waals surface area contributed by atoms with Crippen molar-refractivity contribution in [3.63, 3.8) is 0 Å². The van der Waals surface area contributed by atoms with Gasteiger partial charge in [0.05, 0.1) is 6.61 Å². The summed E-state index contributed by atoms with van der Waals surface area (Å²) in [7, 11) is 0. The minimum atomic E-state index is -0.593. The number of carbonyl (C=O) groups excluding carboxylic acids is 1. The predicted octanol–water partition coefficient (Wildman–Crippen LogP) is 1.02. The lowest BCUT2D eigenvalue weighted by Gasteiger charge is -2.06. The van der Waals surface area contributed by atoms with Gasteiger partial charge in [-0.15, -0.1) is 0 Å². The Bertz CT molecular complexity index is 147. The van der Waals surface area contributed by atoms with Crippen LogP contribution in [0.15, 0.2) is 11.6 Å². The summed E-state index contributed by atoms with van der Waals surface area (Å²) in [5, 5.41) is 0. The van der Waals surface area contributed by atoms with E-state index in [-0.39, 0.29) is 5.97 Å². The molecule has 0 rings (SSSR count). The van der Waals surface area contributed by atoms with Gasteiger partial charge in [0, 0.05) is 5.54 Å². The van der Waals surface area contributed by atoms with Gasteiger partial charge in [-0.2, -0.15) is 0 Å². The number of hydrogen-bond acceptors (Lipinski definition) is 3. The summed E-state index contributed by atoms with van der Waals surface area (Å²) in [5.41, 5.74) is 6.74. The molecule has 0 aliphatic heterocycles. The summed E-state index contributed by atoms with van der Waals surface area (Å²) >= 11 is 5.24. The first-order valence-electron chi connectivity index (χ1n) is 3.39. The average molecular weight is 178 g/mol. The van der Waals surface area contributed by atoms with Gasteiger partial charge in [-0.05, 0) is 13.3 Å². The average Bonchev–Trinajstić information content (AvgIpc) is 2.00. The maximum absolute atomic E-state index is 10.8. The van der Waals surface area contributed by atoms with Crippen molar-refractivity contribution in [2.45, 2.75) is 19.4 Å². The van der Waals surface area contributed by atoms with Crippen LogP contribution in [0, 0.1) is 0 Å². The third kappa shape index (κ3) is 4.81. The van der Waals surface area contributed by atoms with Crippen molar-refractivity contribution in [3.05, 3.63) is 11.6 Å². The van der Waals surface area contributed by atoms with E-state index >= 15 is 0 Å². The summed E-state index contributed by atoms with van der Waals surface area (Å²) < 4.78 is 4.66. The Labute approximate surface area is 71.2 Å². The Morgan fingerprint density at radius 1 is 1.82 bits per heavy atom. The minimum Gasteiger partial charge on any atom is -0.465 e. The first kappa shape index (κ1) is 10.5. The lowest BCUT2D eigenvalue weighted by Crippen LogP contribution is -2.31. The molecule has 64 valence electrons. The Morgan fingerprint density at radius 3 is 2.91 bits per heavy atom. The molecule has 0 fully saturated rings. The molecule has 11 heavy (non-hydrogen) atoms. The van der Waals surface area contributed by atoms with E-state index in [1.165, 1.54) is 5.54 Å². The van der Waals surface area contributed by atoms with E-state index in [0.29, 0.717) is 13.0 Å². The highest BCUT2D eigenvalue weighted by atomic mass is 35.5. The first-order chi connectivity index (χ1) is 5.22. The molecule has 1 atom stereocenters. The quantitative estimate of drug-likeness (QED) is 0.653. The molecular formula is C7H12ClNO2. The number of ether oxygens (including phenoxy) is 1. The molecule has 0 spiro atoms. The molecule has 2 N–H and O–H groups in total. The first-order valence-corrected chi connectivity index (χ1v) is 3.83. The molecule has 3 nitrogen and oxygen atoms in total. The molecular weight excluding hydrogens is 166 g/mol. The number of esters is 1. The number of nitrogens with two attached hydrogens (primary N) is 1. The molecule has 1 unspecified atom stereocenters. The number of carbonyl (C=O) groups is 1. The van der Waals surface area contributed by atoms with Gasteiger partial charge in [-0.25, -0.2) is 0 Å². The summed E-state index contributed by atoms with van der Waals surface area (Å²) in [6.45, 7) is 2.10. The summed E-state index contributed by atoms with van der Waals surface area (Å²) in [4.78, 5) is 10.8. The summed E-state index contributed by atoms with van der Waals surface area (Å²) in [6, 6.07) is -0.593. The van der Waals surface area contributed by atoms with Crippen LogP contribution in [-0.2, 0) is 9.53 Å². The van der Waals surface area contributed by atoms with Gasteiger partial charge in [0.1, 0.15) is 6.04 Å². The third-order valence-corrected chi connectivity index (χ3v) is 1.25. The van der Waals surface area contributed by atoms with Gasteiger partial charge in [0.2, 0.25) is 0 Å². The number of halogens is 1. The molecule has 0 aromatic carbocycles. The molecule has 0 bridgehead atoms. The van der Waals surface area contributed by atoms with Crippen LogP contribution in [0.3, 0.4) is 0 Å². The molecule has 0 aliphatic rings. The SMILES string of the molecule is CCOC(=O)C(N)C/C=C/Cl. The maximum Gasteiger partial charge on any atom is 0.323 e. The highest BCUT2D eigenvalue weighted by Gasteiger charge is 2.11. The molecule has 0 saturated heterocycles. The van der Waals surface area contributed by atoms with Crippen molar-refractivity contribution in [3.8, 4) is 0 Å². The van der Waals surface area contributed by atoms with E-state index in [1.54, 1.807) is 13.0 Å². The highest BCUT2D eigenvalue weighted by Crippen LogP contribution is 1.94. The van der Waals surface area contributed by atoms with Crippen LogP contribution in [0.25, 0.3) is 0 Å². The zero-order valence-electron chi connectivity index (χ0n) is 6.42. The summed E-state index contributed by atoms with van der Waals surface area (Å²) in [6.07, 6.45) is 2.03. The second-order valence-electron chi connectivity index (χ2n) is 1.96. The van der Waals surface area contributed by atoms with Crippen molar-refractivity contribution in [1.82, 2.24) is 0 Å². The molecule has 0 heterocycles. The smallest absolute Gasteiger partial charge is 0.323 e. The molecule has 0 aromatic heterocycles. The fourth-order valence-electron chi connectivity index (χ4n) is 0.544. The normalized spacial score (nSPS) is 13.4. The van der Waals surface area contributed by atoms with E-state index < -0.39 is 6.04 Å². The zero-order chi connectivity index (χ0) is 8.69. The molecule has 0 aliphatic carbocycles. The van der Waals surface area contributed by atoms with Crippen LogP contribution in [0.4, 0.5) is 0 Å². The second kappa shape index (κ2) is 6.19. The number of rotatable bonds is 4. The van der Waals surface area contributed by atoms with Crippen molar-refractivity contribution in [2.24, 2.45) is 5.73 Å². The Morgan fingerprint density at radius 2 is 2.45 bits per heavy atom. The van der Waals surface area contributed by atoms with Crippen LogP contribution in [0.5, 0.6) is 0 Å². The lowest BCUT2D eigenvalue weighted by atomic mass is 10.2. The van der Waals surface area contributed by atoms with Gasteiger partial charge < -0.3 is 10.5 Å². The van der Waals surface area contributed by atoms with Crippen LogP contribution >= 0.6 is 11.6 Å². The van der Waals surface area contributed by atoms with Crippen LogP contribution in [0.2, 0.25) is 0 Å². The van der Waals surface area contributed by atoms with E-state index in [1.807, 2.05) is 0 Å². The van der Waals surface area contributed by atoms with Gasteiger partial charge in [0.15, 0.2) is 0 Å². The van der Waals surface area contributed by atoms with Crippen molar-refractivity contribution >= 4 is 17.6 Å². The van der Waals surface area contributed by atoms with E-state index in [9.17, 15) is 4.79 Å². The van der Waals surface area contributed by atoms with Gasteiger partial charge in [-0.3, -0.25) is 4.79 Å². The lowest BCUT2D eigenvalue weighted by molar-refractivity contribution is -0.144.